The van der Waals surface area contributed by atoms with Crippen molar-refractivity contribution in [2.75, 3.05) is 0 Å². The van der Waals surface area contributed by atoms with E-state index in [1.54, 1.807) is 24.1 Å². The zero-order valence-electron chi connectivity index (χ0n) is 10.7. The highest BCUT2D eigenvalue weighted by molar-refractivity contribution is 6.30. The predicted molar refractivity (Wildman–Crippen MR) is 70.6 cm³/mol. The molecule has 4 nitrogen and oxygen atoms in total. The third kappa shape index (κ3) is 2.40. The van der Waals surface area contributed by atoms with Crippen LogP contribution in [-0.2, 0) is 13.5 Å². The van der Waals surface area contributed by atoms with Crippen LogP contribution >= 0.6 is 11.6 Å². The topological polar surface area (TPSA) is 50.9 Å². The van der Waals surface area contributed by atoms with Crippen molar-refractivity contribution < 1.29 is 5.11 Å². The maximum Gasteiger partial charge on any atom is 0.130 e. The molecule has 0 aliphatic carbocycles. The molecule has 0 saturated carbocycles. The number of rotatable bonds is 3. The lowest BCUT2D eigenvalue weighted by atomic mass is 10.00. The highest BCUT2D eigenvalue weighted by Gasteiger charge is 2.17. The zero-order valence-corrected chi connectivity index (χ0v) is 11.4. The third-order valence-corrected chi connectivity index (χ3v) is 3.56. The van der Waals surface area contributed by atoms with Gasteiger partial charge in [-0.15, -0.1) is 0 Å². The fraction of sp³-hybridized carbons (Fsp3) is 0.385. The van der Waals surface area contributed by atoms with Gasteiger partial charge in [-0.1, -0.05) is 11.6 Å². The molecule has 0 aliphatic heterocycles. The number of aliphatic hydroxyl groups excluding tert-OH is 1. The average molecular weight is 266 g/mol. The summed E-state index contributed by atoms with van der Waals surface area (Å²) in [6.07, 6.45) is 3.30. The van der Waals surface area contributed by atoms with Gasteiger partial charge in [0.05, 0.1) is 11.8 Å². The third-order valence-electron chi connectivity index (χ3n) is 3.09. The lowest BCUT2D eigenvalue weighted by Gasteiger charge is -2.13. The second-order valence-electron chi connectivity index (χ2n) is 4.43. The number of aliphatic hydroxyl groups is 1. The molecule has 0 aromatic carbocycles. The van der Waals surface area contributed by atoms with Crippen molar-refractivity contribution in [3.8, 4) is 0 Å². The summed E-state index contributed by atoms with van der Waals surface area (Å²) in [7, 11) is 1.79. The Bertz CT molecular complexity index is 565. The molecule has 0 radical (unpaired) electrons. The summed E-state index contributed by atoms with van der Waals surface area (Å²) in [6, 6.07) is 1.83. The van der Waals surface area contributed by atoms with Gasteiger partial charge in [0.1, 0.15) is 5.15 Å². The maximum atomic E-state index is 10.3. The molecule has 2 aromatic rings. The first-order valence-electron chi connectivity index (χ1n) is 5.77. The van der Waals surface area contributed by atoms with Crippen molar-refractivity contribution in [3.05, 3.63) is 46.0 Å². The monoisotopic (exact) mass is 265 g/mol. The fourth-order valence-corrected chi connectivity index (χ4v) is 2.32. The van der Waals surface area contributed by atoms with Crippen molar-refractivity contribution in [2.45, 2.75) is 26.4 Å². The summed E-state index contributed by atoms with van der Waals surface area (Å²) >= 11 is 6.16. The molecular formula is C13H16ClN3O. The molecule has 2 rings (SSSR count). The van der Waals surface area contributed by atoms with Crippen LogP contribution in [0.3, 0.4) is 0 Å². The number of pyridine rings is 1. The molecular weight excluding hydrogens is 250 g/mol. The molecule has 0 bridgehead atoms. The Labute approximate surface area is 111 Å². The Morgan fingerprint density at radius 2 is 2.17 bits per heavy atom. The standard InChI is InChI=1S/C13H16ClN3O/c1-8-7-15-5-4-10(8)12(18)6-11-9(2)16-17(3)13(11)14/h4-5,7,12,18H,6H2,1-3H3. The van der Waals surface area contributed by atoms with E-state index in [9.17, 15) is 5.11 Å². The number of aryl methyl sites for hydroxylation is 3. The van der Waals surface area contributed by atoms with Crippen LogP contribution in [0.25, 0.3) is 0 Å². The van der Waals surface area contributed by atoms with E-state index in [0.29, 0.717) is 11.6 Å². The van der Waals surface area contributed by atoms with E-state index in [1.165, 1.54) is 0 Å². The summed E-state index contributed by atoms with van der Waals surface area (Å²) in [6.45, 7) is 3.83. The Morgan fingerprint density at radius 1 is 1.44 bits per heavy atom. The van der Waals surface area contributed by atoms with E-state index < -0.39 is 6.10 Å². The van der Waals surface area contributed by atoms with Gasteiger partial charge in [0, 0.05) is 31.4 Å². The van der Waals surface area contributed by atoms with Gasteiger partial charge in [-0.3, -0.25) is 9.67 Å². The molecule has 2 aromatic heterocycles. The minimum absolute atomic E-state index is 0.462. The van der Waals surface area contributed by atoms with Crippen LogP contribution in [0.15, 0.2) is 18.5 Å². The predicted octanol–water partition coefficient (Wildman–Crippen LogP) is 2.36. The number of aromatic nitrogens is 3. The van der Waals surface area contributed by atoms with Gasteiger partial charge >= 0.3 is 0 Å². The van der Waals surface area contributed by atoms with Crippen molar-refractivity contribution in [2.24, 2.45) is 7.05 Å². The molecule has 1 unspecified atom stereocenters. The smallest absolute Gasteiger partial charge is 0.130 e. The van der Waals surface area contributed by atoms with E-state index in [2.05, 4.69) is 10.1 Å². The summed E-state index contributed by atoms with van der Waals surface area (Å²) in [5.74, 6) is 0. The summed E-state index contributed by atoms with van der Waals surface area (Å²) < 4.78 is 1.62. The highest BCUT2D eigenvalue weighted by Crippen LogP contribution is 2.26. The lowest BCUT2D eigenvalue weighted by Crippen LogP contribution is -2.05. The molecule has 1 N–H and O–H groups in total. The lowest BCUT2D eigenvalue weighted by molar-refractivity contribution is 0.177. The van der Waals surface area contributed by atoms with Gasteiger partial charge in [-0.2, -0.15) is 5.10 Å². The normalized spacial score (nSPS) is 12.7. The van der Waals surface area contributed by atoms with Crippen LogP contribution in [0.4, 0.5) is 0 Å². The highest BCUT2D eigenvalue weighted by atomic mass is 35.5. The maximum absolute atomic E-state index is 10.3. The minimum Gasteiger partial charge on any atom is -0.388 e. The molecule has 5 heteroatoms. The van der Waals surface area contributed by atoms with Crippen molar-refractivity contribution >= 4 is 11.6 Å². The molecule has 0 amide bonds. The first-order valence-corrected chi connectivity index (χ1v) is 6.15. The van der Waals surface area contributed by atoms with Crippen LogP contribution in [0.1, 0.15) is 28.5 Å². The molecule has 0 spiro atoms. The van der Waals surface area contributed by atoms with E-state index in [-0.39, 0.29) is 0 Å². The number of hydrogen-bond donors (Lipinski definition) is 1. The largest absolute Gasteiger partial charge is 0.388 e. The SMILES string of the molecule is Cc1cnccc1C(O)Cc1c(C)nn(C)c1Cl. The summed E-state index contributed by atoms with van der Waals surface area (Å²) in [5.41, 5.74) is 3.60. The molecule has 1 atom stereocenters. The molecule has 0 aliphatic rings. The Balaban J connectivity index is 2.27. The fourth-order valence-electron chi connectivity index (χ4n) is 2.07. The van der Waals surface area contributed by atoms with Crippen molar-refractivity contribution in [1.29, 1.82) is 0 Å². The van der Waals surface area contributed by atoms with E-state index in [0.717, 1.165) is 22.4 Å². The quantitative estimate of drug-likeness (QED) is 0.927. The van der Waals surface area contributed by atoms with E-state index >= 15 is 0 Å². The van der Waals surface area contributed by atoms with Crippen LogP contribution < -0.4 is 0 Å². The molecule has 0 saturated heterocycles. The first kappa shape index (κ1) is 13.1. The van der Waals surface area contributed by atoms with Gasteiger partial charge in [0.2, 0.25) is 0 Å². The van der Waals surface area contributed by atoms with Gasteiger partial charge < -0.3 is 5.11 Å². The number of hydrogen-bond acceptors (Lipinski definition) is 3. The Kier molecular flexibility index (Phi) is 3.68. The molecule has 2 heterocycles. The number of halogens is 1. The molecule has 18 heavy (non-hydrogen) atoms. The van der Waals surface area contributed by atoms with Crippen LogP contribution in [0, 0.1) is 13.8 Å². The Hall–Kier alpha value is -1.39. The molecule has 0 fully saturated rings. The van der Waals surface area contributed by atoms with Crippen LogP contribution in [0.5, 0.6) is 0 Å². The van der Waals surface area contributed by atoms with Gasteiger partial charge in [0.15, 0.2) is 0 Å². The second-order valence-corrected chi connectivity index (χ2v) is 4.79. The molecule has 96 valence electrons. The summed E-state index contributed by atoms with van der Waals surface area (Å²) in [5, 5.41) is 15.1. The van der Waals surface area contributed by atoms with Crippen LogP contribution in [-0.4, -0.2) is 19.9 Å². The zero-order chi connectivity index (χ0) is 13.3. The Morgan fingerprint density at radius 3 is 2.72 bits per heavy atom. The first-order chi connectivity index (χ1) is 8.50. The number of nitrogens with zero attached hydrogens (tertiary/aromatic N) is 3. The van der Waals surface area contributed by atoms with Gasteiger partial charge in [-0.25, -0.2) is 0 Å². The van der Waals surface area contributed by atoms with E-state index in [4.69, 9.17) is 11.6 Å². The average Bonchev–Trinajstić information content (AvgIpc) is 2.56. The summed E-state index contributed by atoms with van der Waals surface area (Å²) in [4.78, 5) is 4.02. The van der Waals surface area contributed by atoms with E-state index in [1.807, 2.05) is 19.9 Å². The van der Waals surface area contributed by atoms with Gasteiger partial charge in [0.25, 0.3) is 0 Å². The van der Waals surface area contributed by atoms with Crippen molar-refractivity contribution in [3.63, 3.8) is 0 Å². The van der Waals surface area contributed by atoms with Crippen molar-refractivity contribution in [1.82, 2.24) is 14.8 Å². The van der Waals surface area contributed by atoms with Gasteiger partial charge in [-0.05, 0) is 31.0 Å². The van der Waals surface area contributed by atoms with Crippen LogP contribution in [0.2, 0.25) is 5.15 Å². The second kappa shape index (κ2) is 5.08. The minimum atomic E-state index is -0.589.